The number of amides is 1. The van der Waals surface area contributed by atoms with Crippen molar-refractivity contribution in [3.05, 3.63) is 28.3 Å². The van der Waals surface area contributed by atoms with E-state index in [4.69, 9.17) is 17.3 Å². The van der Waals surface area contributed by atoms with Gasteiger partial charge in [-0.15, -0.1) is 0 Å². The third-order valence-corrected chi connectivity index (χ3v) is 4.95. The van der Waals surface area contributed by atoms with E-state index in [2.05, 4.69) is 10.9 Å². The molecule has 1 saturated heterocycles. The lowest BCUT2D eigenvalue weighted by Crippen LogP contribution is -2.44. The van der Waals surface area contributed by atoms with Crippen LogP contribution >= 0.6 is 11.6 Å². The fraction of sp³-hybridized carbons (Fsp3) is 0.562. The Bertz CT molecular complexity index is 592. The zero-order valence-electron chi connectivity index (χ0n) is 13.0. The molecule has 0 radical (unpaired) electrons. The summed E-state index contributed by atoms with van der Waals surface area (Å²) < 4.78 is 0. The van der Waals surface area contributed by atoms with Gasteiger partial charge in [-0.1, -0.05) is 11.6 Å². The lowest BCUT2D eigenvalue weighted by atomic mass is 9.83. The van der Waals surface area contributed by atoms with Crippen molar-refractivity contribution in [2.45, 2.75) is 38.3 Å². The monoisotopic (exact) mass is 322 g/mol. The van der Waals surface area contributed by atoms with E-state index in [9.17, 15) is 4.79 Å². The van der Waals surface area contributed by atoms with Gasteiger partial charge in [-0.3, -0.25) is 10.2 Å². The molecule has 2 heterocycles. The van der Waals surface area contributed by atoms with Crippen LogP contribution in [0.15, 0.2) is 12.1 Å². The topological polar surface area (TPSA) is 70.4 Å². The average molecular weight is 323 g/mol. The van der Waals surface area contributed by atoms with Gasteiger partial charge in [-0.25, -0.2) is 5.43 Å². The van der Waals surface area contributed by atoms with Crippen molar-refractivity contribution in [3.8, 4) is 0 Å². The largest absolute Gasteiger partial charge is 0.330 e. The van der Waals surface area contributed by atoms with Crippen LogP contribution in [0, 0.1) is 5.92 Å². The Labute approximate surface area is 136 Å². The van der Waals surface area contributed by atoms with E-state index in [1.807, 2.05) is 26.1 Å². The Morgan fingerprint density at radius 2 is 2.09 bits per heavy atom. The lowest BCUT2D eigenvalue weighted by molar-refractivity contribution is -0.123. The highest BCUT2D eigenvalue weighted by Gasteiger charge is 2.46. The fourth-order valence-electron chi connectivity index (χ4n) is 3.63. The summed E-state index contributed by atoms with van der Waals surface area (Å²) in [6.07, 6.45) is 2.86. The minimum Gasteiger partial charge on any atom is -0.330 e. The van der Waals surface area contributed by atoms with Gasteiger partial charge in [-0.2, -0.15) is 0 Å². The molecule has 0 aliphatic carbocycles. The molecule has 3 atom stereocenters. The van der Waals surface area contributed by atoms with Gasteiger partial charge in [0.05, 0.1) is 17.6 Å². The normalized spacial score (nSPS) is 27.0. The molecular formula is C16H23ClN4O. The standard InChI is InChI=1S/C16H23ClN4O/c1-9-13-14(20-19-9)12-8-11(17)7-10(5-3-4-6-18)15(12)21(2)16(13)22/h7-9,13-14,19-20H,3-6,18H2,1-2H3. The number of hydrogen-bond donors (Lipinski definition) is 3. The second kappa shape index (κ2) is 6.16. The van der Waals surface area contributed by atoms with Gasteiger partial charge in [0, 0.05) is 18.1 Å². The number of hydrazine groups is 1. The predicted molar refractivity (Wildman–Crippen MR) is 88.8 cm³/mol. The van der Waals surface area contributed by atoms with E-state index >= 15 is 0 Å². The van der Waals surface area contributed by atoms with Crippen LogP contribution in [0.4, 0.5) is 5.69 Å². The molecule has 0 bridgehead atoms. The summed E-state index contributed by atoms with van der Waals surface area (Å²) in [5.74, 6) is 0.0674. The number of nitrogens with zero attached hydrogens (tertiary/aromatic N) is 1. The fourth-order valence-corrected chi connectivity index (χ4v) is 3.88. The Morgan fingerprint density at radius 3 is 2.82 bits per heavy atom. The Balaban J connectivity index is 2.04. The summed E-state index contributed by atoms with van der Waals surface area (Å²) >= 11 is 6.33. The van der Waals surface area contributed by atoms with Gasteiger partial charge < -0.3 is 10.6 Å². The number of unbranched alkanes of at least 4 members (excludes halogenated alkanes) is 1. The molecule has 0 saturated carbocycles. The smallest absolute Gasteiger partial charge is 0.233 e. The maximum absolute atomic E-state index is 12.7. The molecule has 1 aromatic carbocycles. The molecule has 0 aromatic heterocycles. The molecule has 1 aromatic rings. The molecule has 3 rings (SSSR count). The Hall–Kier alpha value is -1.14. The molecule has 1 fully saturated rings. The van der Waals surface area contributed by atoms with Gasteiger partial charge in [0.15, 0.2) is 0 Å². The quantitative estimate of drug-likeness (QED) is 0.739. The van der Waals surface area contributed by atoms with Crippen molar-refractivity contribution in [1.29, 1.82) is 0 Å². The summed E-state index contributed by atoms with van der Waals surface area (Å²) in [5, 5.41) is 0.726. The van der Waals surface area contributed by atoms with Crippen molar-refractivity contribution in [2.75, 3.05) is 18.5 Å². The molecule has 5 nitrogen and oxygen atoms in total. The van der Waals surface area contributed by atoms with E-state index < -0.39 is 0 Å². The van der Waals surface area contributed by atoms with Crippen molar-refractivity contribution in [2.24, 2.45) is 11.7 Å². The third-order valence-electron chi connectivity index (χ3n) is 4.73. The zero-order chi connectivity index (χ0) is 15.9. The number of fused-ring (bicyclic) bond motifs is 3. The van der Waals surface area contributed by atoms with E-state index in [1.54, 1.807) is 4.90 Å². The van der Waals surface area contributed by atoms with Crippen LogP contribution in [0.2, 0.25) is 5.02 Å². The van der Waals surface area contributed by atoms with Crippen LogP contribution < -0.4 is 21.5 Å². The van der Waals surface area contributed by atoms with Crippen LogP contribution in [0.5, 0.6) is 0 Å². The van der Waals surface area contributed by atoms with Crippen LogP contribution in [0.25, 0.3) is 0 Å². The van der Waals surface area contributed by atoms with Crippen molar-refractivity contribution in [3.63, 3.8) is 0 Å². The number of benzene rings is 1. The summed E-state index contributed by atoms with van der Waals surface area (Å²) in [5.41, 5.74) is 15.3. The molecule has 2 aliphatic heterocycles. The molecular weight excluding hydrogens is 300 g/mol. The highest BCUT2D eigenvalue weighted by Crippen LogP contribution is 2.44. The van der Waals surface area contributed by atoms with Gasteiger partial charge in [0.1, 0.15) is 0 Å². The van der Waals surface area contributed by atoms with E-state index in [-0.39, 0.29) is 23.9 Å². The molecule has 2 aliphatic rings. The first kappa shape index (κ1) is 15.7. The summed E-state index contributed by atoms with van der Waals surface area (Å²) in [6.45, 7) is 2.71. The minimum absolute atomic E-state index is 0.0133. The first-order chi connectivity index (χ1) is 10.5. The van der Waals surface area contributed by atoms with E-state index in [0.29, 0.717) is 6.54 Å². The second-order valence-corrected chi connectivity index (χ2v) is 6.66. The lowest BCUT2D eigenvalue weighted by Gasteiger charge is -2.36. The van der Waals surface area contributed by atoms with Gasteiger partial charge >= 0.3 is 0 Å². The van der Waals surface area contributed by atoms with Crippen molar-refractivity contribution >= 4 is 23.2 Å². The number of carbonyl (C=O) groups is 1. The number of aryl methyl sites for hydroxylation is 1. The Morgan fingerprint density at radius 1 is 1.32 bits per heavy atom. The maximum Gasteiger partial charge on any atom is 0.233 e. The number of nitrogens with two attached hydrogens (primary N) is 1. The van der Waals surface area contributed by atoms with Gasteiger partial charge in [-0.05, 0) is 56.0 Å². The Kier molecular flexibility index (Phi) is 4.41. The second-order valence-electron chi connectivity index (χ2n) is 6.23. The molecule has 4 N–H and O–H groups in total. The molecule has 0 spiro atoms. The maximum atomic E-state index is 12.7. The van der Waals surface area contributed by atoms with Gasteiger partial charge in [0.2, 0.25) is 5.91 Å². The number of halogens is 1. The predicted octanol–water partition coefficient (Wildman–Crippen LogP) is 1.75. The molecule has 3 unspecified atom stereocenters. The first-order valence-corrected chi connectivity index (χ1v) is 8.23. The average Bonchev–Trinajstić information content (AvgIpc) is 2.87. The van der Waals surface area contributed by atoms with Gasteiger partial charge in [0.25, 0.3) is 0 Å². The highest BCUT2D eigenvalue weighted by molar-refractivity contribution is 6.31. The summed E-state index contributed by atoms with van der Waals surface area (Å²) in [7, 11) is 1.86. The SMILES string of the molecule is CC1NNC2c3cc(Cl)cc(CCCCN)c3N(C)C(=O)C12. The van der Waals surface area contributed by atoms with Crippen molar-refractivity contribution < 1.29 is 4.79 Å². The zero-order valence-corrected chi connectivity index (χ0v) is 13.8. The number of carbonyl (C=O) groups excluding carboxylic acids is 1. The highest BCUT2D eigenvalue weighted by atomic mass is 35.5. The number of hydrogen-bond acceptors (Lipinski definition) is 4. The van der Waals surface area contributed by atoms with Crippen LogP contribution in [-0.2, 0) is 11.2 Å². The number of rotatable bonds is 4. The van der Waals surface area contributed by atoms with E-state index in [0.717, 1.165) is 41.1 Å². The molecule has 1 amide bonds. The molecule has 22 heavy (non-hydrogen) atoms. The van der Waals surface area contributed by atoms with Crippen LogP contribution in [-0.4, -0.2) is 25.5 Å². The van der Waals surface area contributed by atoms with Crippen LogP contribution in [0.1, 0.15) is 36.9 Å². The number of anilines is 1. The number of nitrogens with one attached hydrogen (secondary N) is 2. The molecule has 120 valence electrons. The van der Waals surface area contributed by atoms with Crippen LogP contribution in [0.3, 0.4) is 0 Å². The first-order valence-electron chi connectivity index (χ1n) is 7.85. The summed E-state index contributed by atoms with van der Waals surface area (Å²) in [6, 6.07) is 4.05. The third kappa shape index (κ3) is 2.52. The van der Waals surface area contributed by atoms with E-state index in [1.165, 1.54) is 0 Å². The van der Waals surface area contributed by atoms with Crippen molar-refractivity contribution in [1.82, 2.24) is 10.9 Å². The minimum atomic E-state index is -0.0899. The molecule has 6 heteroatoms. The summed E-state index contributed by atoms with van der Waals surface area (Å²) in [4.78, 5) is 14.5.